The Morgan fingerprint density at radius 3 is 2.40 bits per heavy atom. The van der Waals surface area contributed by atoms with Crippen LogP contribution in [0.5, 0.6) is 5.75 Å². The van der Waals surface area contributed by atoms with Gasteiger partial charge in [-0.2, -0.15) is 10.3 Å². The quantitative estimate of drug-likeness (QED) is 0.250. The average Bonchev–Trinajstić information content (AvgIpc) is 3.59. The maximum absolute atomic E-state index is 12.9. The molecule has 0 saturated carbocycles. The van der Waals surface area contributed by atoms with Crippen LogP contribution in [0.2, 0.25) is 0 Å². The first-order chi connectivity index (χ1) is 20.5. The molecule has 3 aromatic carbocycles. The number of aryl methyl sites for hydroxylation is 2. The molecule has 218 valence electrons. The maximum Gasteiger partial charge on any atom is 0.573 e. The van der Waals surface area contributed by atoms with E-state index in [4.69, 9.17) is 0 Å². The summed E-state index contributed by atoms with van der Waals surface area (Å²) >= 11 is 1.19. The van der Waals surface area contributed by atoms with Gasteiger partial charge in [0.05, 0.1) is 29.1 Å². The number of carbonyl (C=O) groups is 2. The molecule has 0 radical (unpaired) electrons. The Hall–Kier alpha value is -4.96. The van der Waals surface area contributed by atoms with Gasteiger partial charge in [0.15, 0.2) is 11.0 Å². The number of nitrogens with zero attached hydrogens (tertiary/aromatic N) is 6. The van der Waals surface area contributed by atoms with E-state index in [9.17, 15) is 28.0 Å². The van der Waals surface area contributed by atoms with Crippen LogP contribution >= 0.6 is 11.8 Å². The highest BCUT2D eigenvalue weighted by atomic mass is 32.2. The molecule has 1 aromatic heterocycles. The number of amides is 2. The van der Waals surface area contributed by atoms with Gasteiger partial charge in [-0.05, 0) is 54.8 Å². The molecule has 1 aliphatic rings. The van der Waals surface area contributed by atoms with E-state index < -0.39 is 18.2 Å². The highest BCUT2D eigenvalue weighted by molar-refractivity contribution is 8.15. The number of para-hydroxylation sites is 1. The molecular weight excluding hydrogens is 581 g/mol. The highest BCUT2D eigenvalue weighted by Gasteiger charge is 2.33. The van der Waals surface area contributed by atoms with Gasteiger partial charge in [0.25, 0.3) is 0 Å². The summed E-state index contributed by atoms with van der Waals surface area (Å²) in [4.78, 5) is 35.5. The summed E-state index contributed by atoms with van der Waals surface area (Å²) in [6.07, 6.45) is -3.53. The van der Waals surface area contributed by atoms with Crippen molar-refractivity contribution in [2.24, 2.45) is 4.99 Å². The van der Waals surface area contributed by atoms with Gasteiger partial charge in [-0.1, -0.05) is 54.2 Å². The number of aromatic nitrogens is 3. The van der Waals surface area contributed by atoms with Crippen molar-refractivity contribution >= 4 is 34.4 Å². The number of thioether (sulfide) groups is 1. The fraction of sp³-hybridized carbons (Fsp3) is 0.200. The molecule has 1 unspecified atom stereocenters. The molecule has 5 rings (SSSR count). The van der Waals surface area contributed by atoms with Crippen LogP contribution in [0.15, 0.2) is 78.0 Å². The van der Waals surface area contributed by atoms with E-state index in [0.717, 1.165) is 11.1 Å². The zero-order valence-electron chi connectivity index (χ0n) is 22.9. The zero-order chi connectivity index (χ0) is 30.7. The molecule has 0 bridgehead atoms. The second-order valence-corrected chi connectivity index (χ2v) is 10.6. The van der Waals surface area contributed by atoms with Gasteiger partial charge in [-0.3, -0.25) is 14.5 Å². The number of rotatable bonds is 7. The molecule has 1 saturated heterocycles. The second-order valence-electron chi connectivity index (χ2n) is 9.61. The van der Waals surface area contributed by atoms with Gasteiger partial charge in [0, 0.05) is 12.0 Å². The van der Waals surface area contributed by atoms with E-state index >= 15 is 0 Å². The van der Waals surface area contributed by atoms with Crippen molar-refractivity contribution in [3.8, 4) is 28.9 Å². The first-order valence-corrected chi connectivity index (χ1v) is 13.9. The van der Waals surface area contributed by atoms with Crippen molar-refractivity contribution in [1.29, 1.82) is 5.26 Å². The number of hydrogen-bond donors (Lipinski definition) is 0. The largest absolute Gasteiger partial charge is 0.573 e. The Morgan fingerprint density at radius 2 is 1.77 bits per heavy atom. The van der Waals surface area contributed by atoms with Crippen LogP contribution in [0, 0.1) is 25.2 Å². The van der Waals surface area contributed by atoms with Crippen molar-refractivity contribution in [3.05, 3.63) is 89.7 Å². The van der Waals surface area contributed by atoms with Crippen LogP contribution < -0.4 is 9.64 Å². The molecule has 4 aromatic rings. The Kier molecular flexibility index (Phi) is 8.31. The summed E-state index contributed by atoms with van der Waals surface area (Å²) in [5.41, 5.74) is 4.19. The summed E-state index contributed by atoms with van der Waals surface area (Å²) in [7, 11) is 0. The SMILES string of the molecule is Cc1cccc(C)c1N1C(=O)CSC1=NC(=O)CC(C#N)c1ccc(-c2ncn(-c3ccc(OC(F)(F)F)cc3)n2)cc1. The van der Waals surface area contributed by atoms with E-state index in [1.165, 1.54) is 51.9 Å². The number of ether oxygens (including phenoxy) is 1. The van der Waals surface area contributed by atoms with Crippen molar-refractivity contribution in [3.63, 3.8) is 0 Å². The molecule has 1 atom stereocenters. The molecule has 43 heavy (non-hydrogen) atoms. The smallest absolute Gasteiger partial charge is 0.406 e. The molecule has 1 fully saturated rings. The summed E-state index contributed by atoms with van der Waals surface area (Å²) in [5.74, 6) is -1.28. The fourth-order valence-corrected chi connectivity index (χ4v) is 5.44. The van der Waals surface area contributed by atoms with E-state index in [1.54, 1.807) is 24.3 Å². The monoisotopic (exact) mass is 604 g/mol. The number of amidine groups is 1. The van der Waals surface area contributed by atoms with Crippen LogP contribution in [0.1, 0.15) is 29.0 Å². The Morgan fingerprint density at radius 1 is 1.09 bits per heavy atom. The van der Waals surface area contributed by atoms with Crippen molar-refractivity contribution in [2.45, 2.75) is 32.5 Å². The summed E-state index contributed by atoms with van der Waals surface area (Å²) in [5, 5.41) is 14.5. The lowest BCUT2D eigenvalue weighted by Gasteiger charge is -2.20. The lowest BCUT2D eigenvalue weighted by molar-refractivity contribution is -0.274. The number of anilines is 1. The Balaban J connectivity index is 1.27. The van der Waals surface area contributed by atoms with Gasteiger partial charge in [-0.15, -0.1) is 18.3 Å². The van der Waals surface area contributed by atoms with Gasteiger partial charge < -0.3 is 4.74 Å². The van der Waals surface area contributed by atoms with Crippen LogP contribution in [-0.4, -0.2) is 43.9 Å². The molecular formula is C30H23F3N6O3S. The van der Waals surface area contributed by atoms with Crippen molar-refractivity contribution in [1.82, 2.24) is 14.8 Å². The van der Waals surface area contributed by atoms with Crippen molar-refractivity contribution in [2.75, 3.05) is 10.7 Å². The van der Waals surface area contributed by atoms with Crippen LogP contribution in [0.4, 0.5) is 18.9 Å². The third kappa shape index (κ3) is 6.76. The third-order valence-corrected chi connectivity index (χ3v) is 7.50. The summed E-state index contributed by atoms with van der Waals surface area (Å²) in [6.45, 7) is 3.78. The lowest BCUT2D eigenvalue weighted by Crippen LogP contribution is -2.31. The normalized spacial score (nSPS) is 15.0. The van der Waals surface area contributed by atoms with Crippen LogP contribution in [0.25, 0.3) is 17.1 Å². The molecule has 13 heteroatoms. The minimum atomic E-state index is -4.78. The fourth-order valence-electron chi connectivity index (χ4n) is 4.57. The standard InChI is InChI=1S/C30H23F3N6O3S/c1-18-4-3-5-19(2)27(18)39-26(41)16-43-29(39)36-25(40)14-22(15-34)20-6-8-21(9-7-20)28-35-17-38(37-28)23-10-12-24(13-11-23)42-30(31,32)33/h3-13,17,22H,14,16H2,1-2H3. The number of hydrogen-bond acceptors (Lipinski definition) is 7. The molecule has 0 aliphatic carbocycles. The Labute approximate surface area is 248 Å². The first kappa shape index (κ1) is 29.5. The topological polar surface area (TPSA) is 113 Å². The number of alkyl halides is 3. The number of aliphatic imine (C=N–C) groups is 1. The van der Waals surface area contributed by atoms with E-state index in [0.29, 0.717) is 33.5 Å². The van der Waals surface area contributed by atoms with E-state index in [1.807, 2.05) is 32.0 Å². The predicted octanol–water partition coefficient (Wildman–Crippen LogP) is 6.11. The lowest BCUT2D eigenvalue weighted by atomic mass is 9.96. The number of benzene rings is 3. The molecule has 0 spiro atoms. The van der Waals surface area contributed by atoms with Gasteiger partial charge in [0.1, 0.15) is 12.1 Å². The molecule has 1 aliphatic heterocycles. The minimum Gasteiger partial charge on any atom is -0.406 e. The number of nitriles is 1. The molecule has 2 heterocycles. The maximum atomic E-state index is 12.9. The Bertz CT molecular complexity index is 1720. The highest BCUT2D eigenvalue weighted by Crippen LogP contribution is 2.33. The summed E-state index contributed by atoms with van der Waals surface area (Å²) in [6, 6.07) is 19.8. The average molecular weight is 605 g/mol. The summed E-state index contributed by atoms with van der Waals surface area (Å²) < 4.78 is 42.5. The molecule has 0 N–H and O–H groups in total. The number of carbonyl (C=O) groups excluding carboxylic acids is 2. The van der Waals surface area contributed by atoms with Crippen LogP contribution in [0.3, 0.4) is 0 Å². The number of halogens is 3. The van der Waals surface area contributed by atoms with Gasteiger partial charge in [0.2, 0.25) is 11.8 Å². The predicted molar refractivity (Wildman–Crippen MR) is 155 cm³/mol. The van der Waals surface area contributed by atoms with E-state index in [2.05, 4.69) is 25.9 Å². The van der Waals surface area contributed by atoms with Gasteiger partial charge in [-0.25, -0.2) is 9.67 Å². The minimum absolute atomic E-state index is 0.162. The second kappa shape index (κ2) is 12.1. The van der Waals surface area contributed by atoms with E-state index in [-0.39, 0.29) is 23.8 Å². The van der Waals surface area contributed by atoms with Crippen molar-refractivity contribution < 1.29 is 27.5 Å². The molecule has 2 amide bonds. The van der Waals surface area contributed by atoms with Gasteiger partial charge >= 0.3 is 6.36 Å². The zero-order valence-corrected chi connectivity index (χ0v) is 23.7. The first-order valence-electron chi connectivity index (χ1n) is 12.9. The van der Waals surface area contributed by atoms with Crippen LogP contribution in [-0.2, 0) is 9.59 Å². The third-order valence-electron chi connectivity index (χ3n) is 6.58. The molecule has 9 nitrogen and oxygen atoms in total.